The summed E-state index contributed by atoms with van der Waals surface area (Å²) in [5.41, 5.74) is -0.982. The van der Waals surface area contributed by atoms with Crippen LogP contribution in [0.5, 0.6) is 0 Å². The van der Waals surface area contributed by atoms with E-state index >= 15 is 0 Å². The summed E-state index contributed by atoms with van der Waals surface area (Å²) >= 11 is 3.07. The zero-order valence-electron chi connectivity index (χ0n) is 12.5. The molecule has 4 nitrogen and oxygen atoms in total. The van der Waals surface area contributed by atoms with Gasteiger partial charge in [-0.25, -0.2) is 22.0 Å². The van der Waals surface area contributed by atoms with Gasteiger partial charge < -0.3 is 14.2 Å². The molecule has 0 bridgehead atoms. The molecule has 1 fully saturated rings. The number of piperazine rings is 1. The van der Waals surface area contributed by atoms with Gasteiger partial charge in [0, 0.05) is 26.2 Å². The highest BCUT2D eigenvalue weighted by atomic mass is 79.9. The van der Waals surface area contributed by atoms with Crippen LogP contribution in [-0.4, -0.2) is 37.0 Å². The van der Waals surface area contributed by atoms with E-state index in [1.54, 1.807) is 0 Å². The van der Waals surface area contributed by atoms with E-state index in [0.717, 1.165) is 4.90 Å². The fourth-order valence-corrected chi connectivity index (χ4v) is 2.90. The quantitative estimate of drug-likeness (QED) is 0.419. The number of hydrogen-bond acceptors (Lipinski definition) is 3. The summed E-state index contributed by atoms with van der Waals surface area (Å²) in [4.78, 5) is 14.6. The minimum atomic E-state index is -2.20. The van der Waals surface area contributed by atoms with E-state index in [-0.39, 0.29) is 31.9 Å². The molecule has 1 aromatic heterocycles. The van der Waals surface area contributed by atoms with Crippen molar-refractivity contribution in [1.82, 2.24) is 4.90 Å². The minimum absolute atomic E-state index is 0.0383. The average molecular weight is 425 g/mol. The highest BCUT2D eigenvalue weighted by Gasteiger charge is 2.32. The van der Waals surface area contributed by atoms with Crippen LogP contribution in [0.25, 0.3) is 0 Å². The van der Waals surface area contributed by atoms with Gasteiger partial charge in [0.15, 0.2) is 33.7 Å². The molecular weight excluding hydrogens is 415 g/mol. The molecule has 1 amide bonds. The maximum atomic E-state index is 13.8. The van der Waals surface area contributed by atoms with Gasteiger partial charge in [0.25, 0.3) is 5.91 Å². The Morgan fingerprint density at radius 3 is 1.88 bits per heavy atom. The molecule has 0 spiro atoms. The molecular formula is C15H10BrF5N2O2. The van der Waals surface area contributed by atoms with Crippen LogP contribution in [0.3, 0.4) is 0 Å². The largest absolute Gasteiger partial charge is 0.444 e. The molecule has 0 aliphatic carbocycles. The standard InChI is InChI=1S/C15H10BrF5N2O2/c16-8-2-1-7(25-8)15(24)23-5-3-22(4-6-23)14-12(20)10(18)9(17)11(19)13(14)21/h1-2H,3-6H2. The summed E-state index contributed by atoms with van der Waals surface area (Å²) in [6.07, 6.45) is 0. The predicted octanol–water partition coefficient (Wildman–Crippen LogP) is 3.70. The number of carbonyl (C=O) groups excluding carboxylic acids is 1. The normalized spacial score (nSPS) is 15.0. The zero-order valence-corrected chi connectivity index (χ0v) is 14.0. The van der Waals surface area contributed by atoms with Gasteiger partial charge in [-0.15, -0.1) is 0 Å². The van der Waals surface area contributed by atoms with E-state index in [4.69, 9.17) is 4.42 Å². The summed E-state index contributed by atoms with van der Waals surface area (Å²) < 4.78 is 73.0. The monoisotopic (exact) mass is 424 g/mol. The van der Waals surface area contributed by atoms with Gasteiger partial charge in [-0.1, -0.05) is 0 Å². The summed E-state index contributed by atoms with van der Waals surface area (Å²) in [6, 6.07) is 3.00. The SMILES string of the molecule is O=C(c1ccc(Br)o1)N1CCN(c2c(F)c(F)c(F)c(F)c2F)CC1. The number of benzene rings is 1. The first-order chi connectivity index (χ1) is 11.8. The van der Waals surface area contributed by atoms with Crippen LogP contribution in [0.4, 0.5) is 27.6 Å². The van der Waals surface area contributed by atoms with Crippen molar-refractivity contribution in [2.45, 2.75) is 0 Å². The Hall–Kier alpha value is -2.10. The Morgan fingerprint density at radius 2 is 1.40 bits per heavy atom. The van der Waals surface area contributed by atoms with Gasteiger partial charge in [0.2, 0.25) is 5.82 Å². The molecule has 2 heterocycles. The maximum Gasteiger partial charge on any atom is 0.289 e. The Kier molecular flexibility index (Phi) is 4.72. The molecule has 0 atom stereocenters. The molecule has 134 valence electrons. The zero-order chi connectivity index (χ0) is 18.3. The van der Waals surface area contributed by atoms with Crippen LogP contribution >= 0.6 is 15.9 Å². The number of carbonyl (C=O) groups is 1. The molecule has 10 heteroatoms. The fraction of sp³-hybridized carbons (Fsp3) is 0.267. The number of halogens is 6. The van der Waals surface area contributed by atoms with Crippen molar-refractivity contribution in [3.05, 3.63) is 51.6 Å². The van der Waals surface area contributed by atoms with Crippen molar-refractivity contribution in [3.63, 3.8) is 0 Å². The molecule has 0 N–H and O–H groups in total. The summed E-state index contributed by atoms with van der Waals surface area (Å²) in [5.74, 6) is -10.3. The molecule has 0 saturated carbocycles. The molecule has 25 heavy (non-hydrogen) atoms. The predicted molar refractivity (Wildman–Crippen MR) is 80.8 cm³/mol. The first kappa shape index (κ1) is 17.7. The van der Waals surface area contributed by atoms with Crippen molar-refractivity contribution in [2.24, 2.45) is 0 Å². The smallest absolute Gasteiger partial charge is 0.289 e. The van der Waals surface area contributed by atoms with E-state index < -0.39 is 40.7 Å². The molecule has 0 unspecified atom stereocenters. The number of anilines is 1. The van der Waals surface area contributed by atoms with Gasteiger partial charge in [-0.05, 0) is 28.1 Å². The highest BCUT2D eigenvalue weighted by molar-refractivity contribution is 9.10. The van der Waals surface area contributed by atoms with E-state index in [0.29, 0.717) is 4.67 Å². The van der Waals surface area contributed by atoms with Crippen molar-refractivity contribution in [3.8, 4) is 0 Å². The van der Waals surface area contributed by atoms with Crippen LogP contribution in [-0.2, 0) is 0 Å². The molecule has 0 radical (unpaired) electrons. The van der Waals surface area contributed by atoms with Gasteiger partial charge >= 0.3 is 0 Å². The first-order valence-electron chi connectivity index (χ1n) is 7.12. The number of rotatable bonds is 2. The third-order valence-electron chi connectivity index (χ3n) is 3.85. The number of amides is 1. The Bertz CT molecular complexity index is 805. The lowest BCUT2D eigenvalue weighted by Gasteiger charge is -2.36. The van der Waals surface area contributed by atoms with Crippen LogP contribution in [0.15, 0.2) is 21.2 Å². The van der Waals surface area contributed by atoms with Crippen molar-refractivity contribution in [2.75, 3.05) is 31.1 Å². The highest BCUT2D eigenvalue weighted by Crippen LogP contribution is 2.31. The Labute approximate surface area is 146 Å². The summed E-state index contributed by atoms with van der Waals surface area (Å²) in [7, 11) is 0. The molecule has 1 saturated heterocycles. The Morgan fingerprint density at radius 1 is 0.880 bits per heavy atom. The average Bonchev–Trinajstić information content (AvgIpc) is 3.05. The number of furan rings is 1. The maximum absolute atomic E-state index is 13.8. The lowest BCUT2D eigenvalue weighted by Crippen LogP contribution is -2.49. The second-order valence-electron chi connectivity index (χ2n) is 5.30. The van der Waals surface area contributed by atoms with E-state index in [9.17, 15) is 26.7 Å². The lowest BCUT2D eigenvalue weighted by atomic mass is 10.2. The molecule has 3 rings (SSSR count). The van der Waals surface area contributed by atoms with E-state index in [1.807, 2.05) is 0 Å². The summed E-state index contributed by atoms with van der Waals surface area (Å²) in [5, 5.41) is 0. The van der Waals surface area contributed by atoms with E-state index in [1.165, 1.54) is 17.0 Å². The second kappa shape index (κ2) is 6.66. The molecule has 1 aliphatic heterocycles. The third-order valence-corrected chi connectivity index (χ3v) is 4.28. The van der Waals surface area contributed by atoms with Crippen molar-refractivity contribution < 1.29 is 31.2 Å². The van der Waals surface area contributed by atoms with Crippen molar-refractivity contribution in [1.29, 1.82) is 0 Å². The topological polar surface area (TPSA) is 36.7 Å². The Balaban J connectivity index is 1.78. The van der Waals surface area contributed by atoms with Gasteiger partial charge in [-0.2, -0.15) is 0 Å². The third kappa shape index (κ3) is 3.10. The van der Waals surface area contributed by atoms with Crippen molar-refractivity contribution >= 4 is 27.5 Å². The van der Waals surface area contributed by atoms with E-state index in [2.05, 4.69) is 15.9 Å². The lowest BCUT2D eigenvalue weighted by molar-refractivity contribution is 0.0713. The van der Waals surface area contributed by atoms with Gasteiger partial charge in [-0.3, -0.25) is 4.79 Å². The van der Waals surface area contributed by atoms with Crippen LogP contribution in [0.1, 0.15) is 10.6 Å². The van der Waals surface area contributed by atoms with Gasteiger partial charge in [0.1, 0.15) is 5.69 Å². The van der Waals surface area contributed by atoms with Gasteiger partial charge in [0.05, 0.1) is 0 Å². The van der Waals surface area contributed by atoms with Crippen LogP contribution in [0.2, 0.25) is 0 Å². The summed E-state index contributed by atoms with van der Waals surface area (Å²) in [6.45, 7) is -0.106. The number of hydrogen-bond donors (Lipinski definition) is 0. The minimum Gasteiger partial charge on any atom is -0.444 e. The fourth-order valence-electron chi connectivity index (χ4n) is 2.59. The van der Waals surface area contributed by atoms with Crippen LogP contribution in [0, 0.1) is 29.1 Å². The van der Waals surface area contributed by atoms with Crippen LogP contribution < -0.4 is 4.90 Å². The number of nitrogens with zero attached hydrogens (tertiary/aromatic N) is 2. The molecule has 1 aromatic carbocycles. The molecule has 1 aliphatic rings. The first-order valence-corrected chi connectivity index (χ1v) is 7.91. The second-order valence-corrected chi connectivity index (χ2v) is 6.08. The molecule has 2 aromatic rings.